The van der Waals surface area contributed by atoms with E-state index in [1.807, 2.05) is 42.5 Å². The molecule has 0 N–H and O–H groups in total. The molecule has 0 spiro atoms. The van der Waals surface area contributed by atoms with E-state index < -0.39 is 0 Å². The second kappa shape index (κ2) is 7.28. The van der Waals surface area contributed by atoms with Crippen LogP contribution in [0.5, 0.6) is 5.75 Å². The van der Waals surface area contributed by atoms with Crippen molar-refractivity contribution in [2.45, 2.75) is 6.54 Å². The van der Waals surface area contributed by atoms with Gasteiger partial charge in [-0.05, 0) is 17.7 Å². The third kappa shape index (κ3) is 3.38. The van der Waals surface area contributed by atoms with Crippen molar-refractivity contribution < 1.29 is 4.74 Å². The molecule has 0 atom stereocenters. The van der Waals surface area contributed by atoms with Crippen LogP contribution >= 0.6 is 0 Å². The Morgan fingerprint density at radius 1 is 0.808 bits per heavy atom. The van der Waals surface area contributed by atoms with Crippen molar-refractivity contribution >= 4 is 0 Å². The highest BCUT2D eigenvalue weighted by Crippen LogP contribution is 2.27. The van der Waals surface area contributed by atoms with Crippen LogP contribution in [0.4, 0.5) is 0 Å². The molecule has 0 aliphatic rings. The van der Waals surface area contributed by atoms with Gasteiger partial charge < -0.3 is 9.30 Å². The van der Waals surface area contributed by atoms with Gasteiger partial charge in [-0.2, -0.15) is 0 Å². The fraction of sp³-hybridized carbons (Fsp3) is 0.0870. The molecule has 4 aromatic rings. The monoisotopic (exact) mass is 340 g/mol. The molecule has 0 fully saturated rings. The van der Waals surface area contributed by atoms with E-state index in [9.17, 15) is 0 Å². The fourth-order valence-electron chi connectivity index (χ4n) is 3.06. The lowest BCUT2D eigenvalue weighted by molar-refractivity contribution is 0.415. The summed E-state index contributed by atoms with van der Waals surface area (Å²) in [5, 5.41) is 0. The van der Waals surface area contributed by atoms with Crippen LogP contribution in [0, 0.1) is 0 Å². The number of hydrogen-bond acceptors (Lipinski definition) is 2. The Morgan fingerprint density at radius 2 is 1.50 bits per heavy atom. The van der Waals surface area contributed by atoms with Crippen molar-refractivity contribution in [1.82, 2.24) is 9.55 Å². The average molecular weight is 340 g/mol. The maximum atomic E-state index is 5.36. The number of methoxy groups -OCH3 is 1. The Balaban J connectivity index is 1.79. The van der Waals surface area contributed by atoms with Crippen LogP contribution in [0.3, 0.4) is 0 Å². The zero-order valence-electron chi connectivity index (χ0n) is 14.7. The Hall–Kier alpha value is -3.33. The predicted octanol–water partition coefficient (Wildman–Crippen LogP) is 5.27. The van der Waals surface area contributed by atoms with Crippen molar-refractivity contribution in [1.29, 1.82) is 0 Å². The summed E-state index contributed by atoms with van der Waals surface area (Å²) in [6, 6.07) is 28.8. The molecule has 0 saturated heterocycles. The van der Waals surface area contributed by atoms with E-state index in [1.165, 1.54) is 5.56 Å². The number of ether oxygens (including phenoxy) is 1. The number of nitrogens with zero attached hydrogens (tertiary/aromatic N) is 2. The highest BCUT2D eigenvalue weighted by molar-refractivity contribution is 5.66. The van der Waals surface area contributed by atoms with Crippen LogP contribution in [0.25, 0.3) is 22.6 Å². The first-order valence-corrected chi connectivity index (χ1v) is 8.64. The summed E-state index contributed by atoms with van der Waals surface area (Å²) < 4.78 is 7.57. The molecule has 128 valence electrons. The molecule has 0 aliphatic heterocycles. The summed E-state index contributed by atoms with van der Waals surface area (Å²) in [5.74, 6) is 1.80. The van der Waals surface area contributed by atoms with Crippen LogP contribution in [-0.2, 0) is 6.54 Å². The maximum absolute atomic E-state index is 5.36. The number of imidazole rings is 1. The maximum Gasteiger partial charge on any atom is 0.140 e. The number of aromatic nitrogens is 2. The average Bonchev–Trinajstić information content (AvgIpc) is 3.13. The summed E-state index contributed by atoms with van der Waals surface area (Å²) >= 11 is 0. The molecule has 3 aromatic carbocycles. The topological polar surface area (TPSA) is 27.1 Å². The van der Waals surface area contributed by atoms with Gasteiger partial charge in [0.05, 0.1) is 12.8 Å². The molecule has 1 heterocycles. The normalized spacial score (nSPS) is 10.7. The van der Waals surface area contributed by atoms with Crippen molar-refractivity contribution in [3.63, 3.8) is 0 Å². The van der Waals surface area contributed by atoms with Gasteiger partial charge >= 0.3 is 0 Å². The largest absolute Gasteiger partial charge is 0.497 e. The van der Waals surface area contributed by atoms with E-state index in [1.54, 1.807) is 7.11 Å². The summed E-state index contributed by atoms with van der Waals surface area (Å²) in [4.78, 5) is 4.93. The lowest BCUT2D eigenvalue weighted by Crippen LogP contribution is -2.00. The fourth-order valence-corrected chi connectivity index (χ4v) is 3.06. The minimum atomic E-state index is 0.780. The minimum Gasteiger partial charge on any atom is -0.497 e. The quantitative estimate of drug-likeness (QED) is 0.494. The summed E-state index contributed by atoms with van der Waals surface area (Å²) in [7, 11) is 1.68. The van der Waals surface area contributed by atoms with Gasteiger partial charge in [0.1, 0.15) is 11.6 Å². The minimum absolute atomic E-state index is 0.780. The van der Waals surface area contributed by atoms with Gasteiger partial charge in [0.25, 0.3) is 0 Å². The molecule has 26 heavy (non-hydrogen) atoms. The molecule has 0 unspecified atom stereocenters. The third-order valence-corrected chi connectivity index (χ3v) is 4.37. The van der Waals surface area contributed by atoms with Gasteiger partial charge in [-0.25, -0.2) is 4.98 Å². The SMILES string of the molecule is COc1cccc(-c2cn(Cc3ccccc3)c(-c3ccccc3)n2)c1. The van der Waals surface area contributed by atoms with Crippen LogP contribution in [0.15, 0.2) is 91.1 Å². The molecule has 0 bridgehead atoms. The van der Waals surface area contributed by atoms with E-state index in [4.69, 9.17) is 9.72 Å². The molecular weight excluding hydrogens is 320 g/mol. The van der Waals surface area contributed by atoms with Crippen LogP contribution in [0.1, 0.15) is 5.56 Å². The second-order valence-electron chi connectivity index (χ2n) is 6.16. The molecule has 0 amide bonds. The van der Waals surface area contributed by atoms with Gasteiger partial charge in [-0.3, -0.25) is 0 Å². The lowest BCUT2D eigenvalue weighted by Gasteiger charge is -2.07. The van der Waals surface area contributed by atoms with Crippen LogP contribution in [-0.4, -0.2) is 16.7 Å². The number of rotatable bonds is 5. The Labute approximate surface area is 153 Å². The van der Waals surface area contributed by atoms with E-state index in [2.05, 4.69) is 53.2 Å². The van der Waals surface area contributed by atoms with Crippen molar-refractivity contribution in [2.75, 3.05) is 7.11 Å². The molecular formula is C23H20N2O. The molecule has 0 radical (unpaired) electrons. The molecule has 4 rings (SSSR count). The third-order valence-electron chi connectivity index (χ3n) is 4.37. The van der Waals surface area contributed by atoms with Gasteiger partial charge in [0, 0.05) is 23.9 Å². The van der Waals surface area contributed by atoms with E-state index in [-0.39, 0.29) is 0 Å². The Morgan fingerprint density at radius 3 is 2.23 bits per heavy atom. The Bertz CT molecular complexity index is 991. The zero-order valence-corrected chi connectivity index (χ0v) is 14.7. The molecule has 3 nitrogen and oxygen atoms in total. The van der Waals surface area contributed by atoms with E-state index in [0.717, 1.165) is 34.9 Å². The molecule has 0 saturated carbocycles. The molecule has 0 aliphatic carbocycles. The first kappa shape index (κ1) is 16.2. The second-order valence-corrected chi connectivity index (χ2v) is 6.16. The van der Waals surface area contributed by atoms with Gasteiger partial charge in [0.15, 0.2) is 0 Å². The lowest BCUT2D eigenvalue weighted by atomic mass is 10.1. The molecule has 1 aromatic heterocycles. The first-order chi connectivity index (χ1) is 12.8. The van der Waals surface area contributed by atoms with Crippen molar-refractivity contribution in [2.24, 2.45) is 0 Å². The number of benzene rings is 3. The van der Waals surface area contributed by atoms with Gasteiger partial charge in [-0.1, -0.05) is 72.8 Å². The summed E-state index contributed by atoms with van der Waals surface area (Å²) in [6.45, 7) is 0.780. The standard InChI is InChI=1S/C23H20N2O/c1-26-21-14-8-13-20(15-21)22-17-25(16-18-9-4-2-5-10-18)23(24-22)19-11-6-3-7-12-19/h2-15,17H,16H2,1H3. The zero-order chi connectivity index (χ0) is 17.8. The van der Waals surface area contributed by atoms with Crippen LogP contribution < -0.4 is 4.74 Å². The highest BCUT2D eigenvalue weighted by atomic mass is 16.5. The predicted molar refractivity (Wildman–Crippen MR) is 105 cm³/mol. The summed E-state index contributed by atoms with van der Waals surface area (Å²) in [6.07, 6.45) is 2.12. The van der Waals surface area contributed by atoms with Crippen molar-refractivity contribution in [3.8, 4) is 28.4 Å². The van der Waals surface area contributed by atoms with Crippen molar-refractivity contribution in [3.05, 3.63) is 96.7 Å². The smallest absolute Gasteiger partial charge is 0.140 e. The Kier molecular flexibility index (Phi) is 4.52. The molecule has 3 heteroatoms. The first-order valence-electron chi connectivity index (χ1n) is 8.64. The van der Waals surface area contributed by atoms with E-state index >= 15 is 0 Å². The highest BCUT2D eigenvalue weighted by Gasteiger charge is 2.12. The number of hydrogen-bond donors (Lipinski definition) is 0. The summed E-state index contributed by atoms with van der Waals surface area (Å²) in [5.41, 5.74) is 4.35. The van der Waals surface area contributed by atoms with Gasteiger partial charge in [-0.15, -0.1) is 0 Å². The van der Waals surface area contributed by atoms with Crippen LogP contribution in [0.2, 0.25) is 0 Å². The van der Waals surface area contributed by atoms with Gasteiger partial charge in [0.2, 0.25) is 0 Å². The van der Waals surface area contributed by atoms with E-state index in [0.29, 0.717) is 0 Å².